The van der Waals surface area contributed by atoms with E-state index in [9.17, 15) is 20.2 Å². The highest BCUT2D eigenvalue weighted by atomic mass is 16.6. The van der Waals surface area contributed by atoms with Crippen molar-refractivity contribution in [3.05, 3.63) is 58.1 Å². The molecule has 2 aliphatic heterocycles. The summed E-state index contributed by atoms with van der Waals surface area (Å²) >= 11 is 0. The summed E-state index contributed by atoms with van der Waals surface area (Å²) in [5.74, 6) is 1.05. The van der Waals surface area contributed by atoms with E-state index in [4.69, 9.17) is 9.47 Å². The van der Waals surface area contributed by atoms with Crippen LogP contribution in [-0.2, 0) is 4.79 Å². The third-order valence-electron chi connectivity index (χ3n) is 5.03. The predicted molar refractivity (Wildman–Crippen MR) is 103 cm³/mol. The predicted octanol–water partition coefficient (Wildman–Crippen LogP) is 1.96. The fraction of sp³-hybridized carbons (Fsp3) is 0.300. The zero-order valence-electron chi connectivity index (χ0n) is 15.5. The largest absolute Gasteiger partial charge is 0.485 e. The standard InChI is InChI=1S/C20H18N4O5/c21-12-14-11-15(24(26)27)5-6-16(14)22-7-9-23(10-8-22)20(25)19-13-28-17-3-1-2-4-18(17)29-19/h1-6,11,19H,7-10,13H2/t19-/m0/s1. The van der Waals surface area contributed by atoms with Gasteiger partial charge in [0.25, 0.3) is 11.6 Å². The maximum atomic E-state index is 12.8. The summed E-state index contributed by atoms with van der Waals surface area (Å²) in [5, 5.41) is 20.3. The van der Waals surface area contributed by atoms with E-state index in [1.54, 1.807) is 23.1 Å². The van der Waals surface area contributed by atoms with Crippen LogP contribution in [0.2, 0.25) is 0 Å². The molecule has 4 rings (SSSR count). The molecule has 0 N–H and O–H groups in total. The van der Waals surface area contributed by atoms with Gasteiger partial charge in [-0.15, -0.1) is 0 Å². The average molecular weight is 394 g/mol. The first-order valence-corrected chi connectivity index (χ1v) is 9.17. The van der Waals surface area contributed by atoms with Crippen LogP contribution in [0.25, 0.3) is 0 Å². The molecule has 2 aliphatic rings. The van der Waals surface area contributed by atoms with Gasteiger partial charge >= 0.3 is 0 Å². The fourth-order valence-corrected chi connectivity index (χ4v) is 3.52. The lowest BCUT2D eigenvalue weighted by molar-refractivity contribution is -0.384. The molecule has 1 saturated heterocycles. The molecule has 0 bridgehead atoms. The second-order valence-corrected chi connectivity index (χ2v) is 6.75. The SMILES string of the molecule is N#Cc1cc([N+](=O)[O-])ccc1N1CCN(C(=O)[C@@H]2COc3ccccc3O2)CC1. The van der Waals surface area contributed by atoms with Gasteiger partial charge in [0.15, 0.2) is 11.5 Å². The van der Waals surface area contributed by atoms with Gasteiger partial charge < -0.3 is 19.3 Å². The lowest BCUT2D eigenvalue weighted by atomic mass is 10.1. The van der Waals surface area contributed by atoms with Crippen LogP contribution in [0.1, 0.15) is 5.56 Å². The van der Waals surface area contributed by atoms with Crippen LogP contribution in [-0.4, -0.2) is 54.6 Å². The van der Waals surface area contributed by atoms with E-state index in [-0.39, 0.29) is 23.8 Å². The maximum Gasteiger partial charge on any atom is 0.270 e. The third kappa shape index (κ3) is 3.65. The second-order valence-electron chi connectivity index (χ2n) is 6.75. The van der Waals surface area contributed by atoms with Crippen molar-refractivity contribution in [2.45, 2.75) is 6.10 Å². The Balaban J connectivity index is 1.41. The number of nitriles is 1. The summed E-state index contributed by atoms with van der Waals surface area (Å²) in [4.78, 5) is 26.9. The number of fused-ring (bicyclic) bond motifs is 1. The minimum Gasteiger partial charge on any atom is -0.485 e. The van der Waals surface area contributed by atoms with Crippen molar-refractivity contribution in [2.24, 2.45) is 0 Å². The molecule has 0 spiro atoms. The van der Waals surface area contributed by atoms with Crippen molar-refractivity contribution >= 4 is 17.3 Å². The normalized spacial score (nSPS) is 18.1. The zero-order chi connectivity index (χ0) is 20.4. The molecule has 0 saturated carbocycles. The lowest BCUT2D eigenvalue weighted by Gasteiger charge is -2.38. The van der Waals surface area contributed by atoms with Crippen molar-refractivity contribution in [3.8, 4) is 17.6 Å². The Hall–Kier alpha value is -3.80. The number of non-ortho nitro benzene ring substituents is 1. The summed E-state index contributed by atoms with van der Waals surface area (Å²) in [7, 11) is 0. The van der Waals surface area contributed by atoms with Crippen LogP contribution in [0.3, 0.4) is 0 Å². The summed E-state index contributed by atoms with van der Waals surface area (Å²) in [6.45, 7) is 2.12. The van der Waals surface area contributed by atoms with E-state index < -0.39 is 11.0 Å². The number of hydrogen-bond acceptors (Lipinski definition) is 7. The van der Waals surface area contributed by atoms with Crippen molar-refractivity contribution in [1.29, 1.82) is 5.26 Å². The van der Waals surface area contributed by atoms with Gasteiger partial charge in [-0.3, -0.25) is 14.9 Å². The molecule has 0 unspecified atom stereocenters. The van der Waals surface area contributed by atoms with E-state index in [2.05, 4.69) is 0 Å². The molecule has 2 aromatic rings. The fourth-order valence-electron chi connectivity index (χ4n) is 3.52. The zero-order valence-corrected chi connectivity index (χ0v) is 15.5. The minimum atomic E-state index is -0.689. The first kappa shape index (κ1) is 18.6. The molecular formula is C20H18N4O5. The number of hydrogen-bond donors (Lipinski definition) is 0. The highest BCUT2D eigenvalue weighted by Gasteiger charge is 2.33. The molecule has 1 amide bonds. The molecule has 0 aliphatic carbocycles. The number of piperazine rings is 1. The van der Waals surface area contributed by atoms with Crippen LogP contribution in [0, 0.1) is 21.4 Å². The smallest absolute Gasteiger partial charge is 0.270 e. The van der Waals surface area contributed by atoms with Gasteiger partial charge in [-0.1, -0.05) is 12.1 Å². The molecule has 9 nitrogen and oxygen atoms in total. The summed E-state index contributed by atoms with van der Waals surface area (Å²) in [5.41, 5.74) is 0.768. The van der Waals surface area contributed by atoms with E-state index in [1.807, 2.05) is 23.1 Å². The monoisotopic (exact) mass is 394 g/mol. The molecule has 0 radical (unpaired) electrons. The quantitative estimate of drug-likeness (QED) is 0.578. The van der Waals surface area contributed by atoms with Gasteiger partial charge in [0, 0.05) is 38.3 Å². The average Bonchev–Trinajstić information content (AvgIpc) is 2.78. The van der Waals surface area contributed by atoms with Gasteiger partial charge in [-0.2, -0.15) is 5.26 Å². The number of benzene rings is 2. The summed E-state index contributed by atoms with van der Waals surface area (Å²) < 4.78 is 11.4. The lowest BCUT2D eigenvalue weighted by Crippen LogP contribution is -2.54. The number of ether oxygens (including phenoxy) is 2. The Labute approximate surface area is 166 Å². The number of rotatable bonds is 3. The minimum absolute atomic E-state index is 0.117. The Morgan fingerprint density at radius 2 is 1.86 bits per heavy atom. The van der Waals surface area contributed by atoms with Gasteiger partial charge in [0.2, 0.25) is 6.10 Å². The number of para-hydroxylation sites is 2. The first-order valence-electron chi connectivity index (χ1n) is 9.17. The molecule has 2 aromatic carbocycles. The van der Waals surface area contributed by atoms with Crippen LogP contribution in [0.15, 0.2) is 42.5 Å². The van der Waals surface area contributed by atoms with Gasteiger partial charge in [0.1, 0.15) is 12.7 Å². The van der Waals surface area contributed by atoms with Crippen molar-refractivity contribution < 1.29 is 19.2 Å². The molecule has 9 heteroatoms. The molecule has 1 fully saturated rings. The molecular weight excluding hydrogens is 376 g/mol. The maximum absolute atomic E-state index is 12.8. The molecule has 2 heterocycles. The molecule has 1 atom stereocenters. The van der Waals surface area contributed by atoms with E-state index in [0.29, 0.717) is 43.4 Å². The number of nitro groups is 1. The number of amides is 1. The molecule has 29 heavy (non-hydrogen) atoms. The Kier molecular flexibility index (Phi) is 4.91. The number of anilines is 1. The summed E-state index contributed by atoms with van der Waals surface area (Å²) in [6.07, 6.45) is -0.689. The van der Waals surface area contributed by atoms with Crippen LogP contribution >= 0.6 is 0 Å². The van der Waals surface area contributed by atoms with Crippen LogP contribution in [0.5, 0.6) is 11.5 Å². The van der Waals surface area contributed by atoms with Gasteiger partial charge in [-0.05, 0) is 18.2 Å². The third-order valence-corrected chi connectivity index (χ3v) is 5.03. The van der Waals surface area contributed by atoms with Crippen LogP contribution in [0.4, 0.5) is 11.4 Å². The Morgan fingerprint density at radius 1 is 1.14 bits per heavy atom. The molecule has 148 valence electrons. The van der Waals surface area contributed by atoms with Crippen molar-refractivity contribution in [3.63, 3.8) is 0 Å². The Morgan fingerprint density at radius 3 is 2.55 bits per heavy atom. The first-order chi connectivity index (χ1) is 14.1. The highest BCUT2D eigenvalue weighted by Crippen LogP contribution is 2.31. The van der Waals surface area contributed by atoms with Crippen LogP contribution < -0.4 is 14.4 Å². The Bertz CT molecular complexity index is 995. The van der Waals surface area contributed by atoms with E-state index in [0.717, 1.165) is 0 Å². The highest BCUT2D eigenvalue weighted by molar-refractivity contribution is 5.82. The molecule has 0 aromatic heterocycles. The van der Waals surface area contributed by atoms with Crippen molar-refractivity contribution in [1.82, 2.24) is 4.90 Å². The second kappa shape index (κ2) is 7.67. The van der Waals surface area contributed by atoms with Crippen molar-refractivity contribution in [2.75, 3.05) is 37.7 Å². The summed E-state index contributed by atoms with van der Waals surface area (Å²) in [6, 6.07) is 13.5. The number of carbonyl (C=O) groups excluding carboxylic acids is 1. The topological polar surface area (TPSA) is 109 Å². The van der Waals surface area contributed by atoms with Gasteiger partial charge in [-0.25, -0.2) is 0 Å². The number of nitrogens with zero attached hydrogens (tertiary/aromatic N) is 4. The number of nitro benzene ring substituents is 1. The van der Waals surface area contributed by atoms with E-state index in [1.165, 1.54) is 12.1 Å². The van der Waals surface area contributed by atoms with E-state index >= 15 is 0 Å². The number of carbonyl (C=O) groups is 1. The van der Waals surface area contributed by atoms with Gasteiger partial charge in [0.05, 0.1) is 16.2 Å².